The van der Waals surface area contributed by atoms with E-state index < -0.39 is 0 Å². The summed E-state index contributed by atoms with van der Waals surface area (Å²) in [7, 11) is 1.76. The van der Waals surface area contributed by atoms with Gasteiger partial charge in [0, 0.05) is 31.1 Å². The lowest BCUT2D eigenvalue weighted by molar-refractivity contribution is 0.182. The molecule has 1 N–H and O–H groups in total. The van der Waals surface area contributed by atoms with Gasteiger partial charge in [0.15, 0.2) is 5.13 Å². The molecule has 1 saturated carbocycles. The zero-order chi connectivity index (χ0) is 15.2. The van der Waals surface area contributed by atoms with E-state index in [0.29, 0.717) is 6.04 Å². The Morgan fingerprint density at radius 3 is 2.76 bits per heavy atom. The van der Waals surface area contributed by atoms with Gasteiger partial charge >= 0.3 is 0 Å². The Hall–Kier alpha value is -0.650. The number of rotatable bonds is 10. The molecule has 0 radical (unpaired) electrons. The summed E-state index contributed by atoms with van der Waals surface area (Å²) in [5.74, 6) is 0. The summed E-state index contributed by atoms with van der Waals surface area (Å²) in [5, 5.41) is 4.77. The van der Waals surface area contributed by atoms with Crippen molar-refractivity contribution in [2.45, 2.75) is 65.1 Å². The van der Waals surface area contributed by atoms with E-state index in [1.807, 2.05) is 11.3 Å². The van der Waals surface area contributed by atoms with Gasteiger partial charge in [0.2, 0.25) is 0 Å². The molecule has 1 fully saturated rings. The van der Waals surface area contributed by atoms with Gasteiger partial charge in [-0.05, 0) is 33.1 Å². The minimum absolute atomic E-state index is 0.366. The number of likely N-dealkylation sites (N-methyl/N-ethyl adjacent to an activating group) is 1. The second-order valence-electron chi connectivity index (χ2n) is 5.86. The molecule has 1 aliphatic rings. The second-order valence-corrected chi connectivity index (χ2v) is 6.92. The van der Waals surface area contributed by atoms with E-state index in [0.717, 1.165) is 43.7 Å². The highest BCUT2D eigenvalue weighted by molar-refractivity contribution is 7.15. The van der Waals surface area contributed by atoms with Crippen LogP contribution in [-0.2, 0) is 17.7 Å². The predicted molar refractivity (Wildman–Crippen MR) is 90.3 cm³/mol. The monoisotopic (exact) mass is 311 g/mol. The summed E-state index contributed by atoms with van der Waals surface area (Å²) in [4.78, 5) is 8.70. The molecule has 0 amide bonds. The van der Waals surface area contributed by atoms with Crippen LogP contribution in [0.5, 0.6) is 0 Å². The van der Waals surface area contributed by atoms with Crippen LogP contribution in [0.25, 0.3) is 0 Å². The molecule has 1 aromatic rings. The average molecular weight is 311 g/mol. The van der Waals surface area contributed by atoms with Gasteiger partial charge in [0.05, 0.1) is 18.3 Å². The van der Waals surface area contributed by atoms with Crippen LogP contribution in [0.1, 0.15) is 50.6 Å². The molecular weight excluding hydrogens is 282 g/mol. The number of hydrogen-bond donors (Lipinski definition) is 1. The Bertz CT molecular complexity index is 431. The van der Waals surface area contributed by atoms with E-state index >= 15 is 0 Å². The van der Waals surface area contributed by atoms with E-state index in [-0.39, 0.29) is 0 Å². The number of aromatic nitrogens is 1. The third kappa shape index (κ3) is 4.66. The van der Waals surface area contributed by atoms with Crippen LogP contribution in [0.3, 0.4) is 0 Å². The van der Waals surface area contributed by atoms with Crippen molar-refractivity contribution in [2.24, 2.45) is 0 Å². The molecule has 1 aliphatic carbocycles. The molecule has 2 rings (SSSR count). The molecular formula is C16H29N3OS. The smallest absolute Gasteiger partial charge is 0.186 e. The van der Waals surface area contributed by atoms with Crippen LogP contribution in [-0.4, -0.2) is 37.3 Å². The quantitative estimate of drug-likeness (QED) is 0.720. The Kier molecular flexibility index (Phi) is 6.45. The second kappa shape index (κ2) is 8.11. The number of aryl methyl sites for hydroxylation is 1. The van der Waals surface area contributed by atoms with Crippen LogP contribution in [0, 0.1) is 0 Å². The number of ether oxygens (including phenoxy) is 1. The lowest BCUT2D eigenvalue weighted by Gasteiger charge is -2.26. The van der Waals surface area contributed by atoms with Gasteiger partial charge in [0.25, 0.3) is 0 Å². The highest BCUT2D eigenvalue weighted by Gasteiger charge is 2.23. The summed E-state index contributed by atoms with van der Waals surface area (Å²) in [6.45, 7) is 9.31. The molecule has 1 heterocycles. The van der Waals surface area contributed by atoms with E-state index in [1.165, 1.54) is 23.4 Å². The summed E-state index contributed by atoms with van der Waals surface area (Å²) in [6.07, 6.45) is 4.90. The Morgan fingerprint density at radius 2 is 2.19 bits per heavy atom. The number of methoxy groups -OCH3 is 1. The van der Waals surface area contributed by atoms with Gasteiger partial charge in [0.1, 0.15) is 0 Å². The normalized spacial score (nSPS) is 16.2. The average Bonchev–Trinajstić information content (AvgIpc) is 3.21. The largest absolute Gasteiger partial charge is 0.383 e. The van der Waals surface area contributed by atoms with Crippen LogP contribution in [0.2, 0.25) is 0 Å². The van der Waals surface area contributed by atoms with Crippen LogP contribution < -0.4 is 10.2 Å². The van der Waals surface area contributed by atoms with Crippen LogP contribution in [0.4, 0.5) is 5.13 Å². The molecule has 21 heavy (non-hydrogen) atoms. The number of thiazole rings is 1. The first-order chi connectivity index (χ1) is 10.2. The summed E-state index contributed by atoms with van der Waals surface area (Å²) in [6, 6.07) is 1.12. The van der Waals surface area contributed by atoms with Crippen molar-refractivity contribution in [1.82, 2.24) is 10.3 Å². The summed E-state index contributed by atoms with van der Waals surface area (Å²) >= 11 is 1.85. The van der Waals surface area contributed by atoms with Gasteiger partial charge in [-0.3, -0.25) is 0 Å². The fraction of sp³-hybridized carbons (Fsp3) is 0.812. The molecule has 0 spiro atoms. The molecule has 1 unspecified atom stereocenters. The van der Waals surface area contributed by atoms with Crippen molar-refractivity contribution in [3.8, 4) is 0 Å². The van der Waals surface area contributed by atoms with Crippen molar-refractivity contribution in [3.05, 3.63) is 10.6 Å². The first kappa shape index (κ1) is 16.7. The third-order valence-corrected chi connectivity index (χ3v) is 5.04. The molecule has 1 aromatic heterocycles. The zero-order valence-electron chi connectivity index (χ0n) is 13.8. The fourth-order valence-corrected chi connectivity index (χ4v) is 3.78. The van der Waals surface area contributed by atoms with Gasteiger partial charge in [-0.15, -0.1) is 11.3 Å². The van der Waals surface area contributed by atoms with Crippen molar-refractivity contribution in [1.29, 1.82) is 0 Å². The minimum atomic E-state index is 0.366. The molecule has 5 heteroatoms. The molecule has 0 saturated heterocycles. The van der Waals surface area contributed by atoms with Gasteiger partial charge < -0.3 is 15.0 Å². The van der Waals surface area contributed by atoms with E-state index in [2.05, 4.69) is 31.0 Å². The third-order valence-electron chi connectivity index (χ3n) is 3.91. The van der Waals surface area contributed by atoms with Gasteiger partial charge in [-0.25, -0.2) is 4.98 Å². The maximum atomic E-state index is 5.30. The lowest BCUT2D eigenvalue weighted by atomic mass is 10.2. The lowest BCUT2D eigenvalue weighted by Crippen LogP contribution is -2.36. The zero-order valence-corrected chi connectivity index (χ0v) is 14.6. The SMILES string of the molecule is CCCc1nc(N(CC)C(C)COC)sc1CNC1CC1. The molecule has 1 atom stereocenters. The number of nitrogens with one attached hydrogen (secondary N) is 1. The van der Waals surface area contributed by atoms with E-state index in [9.17, 15) is 0 Å². The Balaban J connectivity index is 2.10. The van der Waals surface area contributed by atoms with Crippen molar-refractivity contribution < 1.29 is 4.74 Å². The van der Waals surface area contributed by atoms with Gasteiger partial charge in [-0.2, -0.15) is 0 Å². The van der Waals surface area contributed by atoms with Crippen molar-refractivity contribution >= 4 is 16.5 Å². The maximum Gasteiger partial charge on any atom is 0.186 e. The summed E-state index contributed by atoms with van der Waals surface area (Å²) < 4.78 is 5.30. The molecule has 0 aliphatic heterocycles. The Morgan fingerprint density at radius 1 is 1.43 bits per heavy atom. The molecule has 0 aromatic carbocycles. The van der Waals surface area contributed by atoms with Crippen LogP contribution in [0.15, 0.2) is 0 Å². The van der Waals surface area contributed by atoms with Crippen molar-refractivity contribution in [2.75, 3.05) is 25.2 Å². The topological polar surface area (TPSA) is 37.4 Å². The van der Waals surface area contributed by atoms with E-state index in [4.69, 9.17) is 9.72 Å². The predicted octanol–water partition coefficient (Wildman–Crippen LogP) is 3.21. The highest BCUT2D eigenvalue weighted by atomic mass is 32.1. The number of anilines is 1. The van der Waals surface area contributed by atoms with Gasteiger partial charge in [-0.1, -0.05) is 13.3 Å². The highest BCUT2D eigenvalue weighted by Crippen LogP contribution is 2.29. The minimum Gasteiger partial charge on any atom is -0.383 e. The molecule has 0 bridgehead atoms. The fourth-order valence-electron chi connectivity index (χ4n) is 2.55. The number of hydrogen-bond acceptors (Lipinski definition) is 5. The molecule has 120 valence electrons. The van der Waals surface area contributed by atoms with E-state index in [1.54, 1.807) is 7.11 Å². The first-order valence-corrected chi connectivity index (χ1v) is 8.98. The standard InChI is InChI=1S/C16H29N3OS/c1-5-7-14-15(10-17-13-8-9-13)21-16(18-14)19(6-2)12(3)11-20-4/h12-13,17H,5-11H2,1-4H3. The maximum absolute atomic E-state index is 5.30. The number of nitrogens with zero attached hydrogens (tertiary/aromatic N) is 2. The summed E-state index contributed by atoms with van der Waals surface area (Å²) in [5.41, 5.74) is 1.29. The first-order valence-electron chi connectivity index (χ1n) is 8.17. The Labute approximate surface area is 132 Å². The molecule has 4 nitrogen and oxygen atoms in total. The van der Waals surface area contributed by atoms with Crippen LogP contribution >= 0.6 is 11.3 Å². The van der Waals surface area contributed by atoms with Crippen molar-refractivity contribution in [3.63, 3.8) is 0 Å².